The van der Waals surface area contributed by atoms with Crippen molar-refractivity contribution in [1.82, 2.24) is 39.6 Å². The lowest BCUT2D eigenvalue weighted by Crippen LogP contribution is -2.37. The van der Waals surface area contributed by atoms with Gasteiger partial charge in [0.05, 0.1) is 20.4 Å². The molecule has 8 aromatic carbocycles. The molecule has 16 heteroatoms. The summed E-state index contributed by atoms with van der Waals surface area (Å²) >= 11 is 0. The average Bonchev–Trinajstić information content (AvgIpc) is 4.11. The van der Waals surface area contributed by atoms with Crippen LogP contribution < -0.4 is 19.4 Å². The van der Waals surface area contributed by atoms with Gasteiger partial charge in [-0.25, -0.2) is 0 Å². The highest BCUT2D eigenvalue weighted by molar-refractivity contribution is 5.76. The molecule has 0 aliphatic carbocycles. The van der Waals surface area contributed by atoms with E-state index in [1.165, 1.54) is 19.2 Å². The van der Waals surface area contributed by atoms with Gasteiger partial charge in [0, 0.05) is 16.7 Å². The smallest absolute Gasteiger partial charge is 0.253 e. The number of hydrogen-bond acceptors (Lipinski definition) is 8. The molecule has 4 aromatic heterocycles. The molecule has 12 aromatic rings. The number of aromatic nitrogens is 12. The van der Waals surface area contributed by atoms with Crippen LogP contribution in [0, 0.1) is 69.3 Å². The van der Waals surface area contributed by atoms with Gasteiger partial charge in [0.1, 0.15) is 22.7 Å². The van der Waals surface area contributed by atoms with Gasteiger partial charge in [-0.05, 0) is 157 Å². The van der Waals surface area contributed by atoms with E-state index in [0.29, 0.717) is 27.6 Å². The maximum Gasteiger partial charge on any atom is 0.253 e. The van der Waals surface area contributed by atoms with E-state index in [2.05, 4.69) is 20.4 Å². The number of rotatable bonds is 4. The van der Waals surface area contributed by atoms with E-state index in [1.54, 1.807) is 18.2 Å². The summed E-state index contributed by atoms with van der Waals surface area (Å²) in [5.74, 6) is 0. The molecule has 0 saturated carbocycles. The molecule has 0 aliphatic rings. The molecule has 71 heavy (non-hydrogen) atoms. The number of aryl methyl sites for hydroxylation is 7. The molecule has 0 saturated heterocycles. The van der Waals surface area contributed by atoms with Gasteiger partial charge in [0.15, 0.2) is 0 Å². The molecule has 0 radical (unpaired) electrons. The Morgan fingerprint density at radius 1 is 0.310 bits per heavy atom. The van der Waals surface area contributed by atoms with Crippen molar-refractivity contribution < 1.29 is 19.4 Å². The average molecular weight is 943 g/mol. The predicted molar refractivity (Wildman–Crippen MR) is 273 cm³/mol. The fourth-order valence-electron chi connectivity index (χ4n) is 8.03. The van der Waals surface area contributed by atoms with E-state index >= 15 is 0 Å². The van der Waals surface area contributed by atoms with Crippen molar-refractivity contribution in [3.8, 4) is 22.7 Å². The third-order valence-corrected chi connectivity index (χ3v) is 11.9. The van der Waals surface area contributed by atoms with Gasteiger partial charge in [0.25, 0.3) is 16.6 Å². The van der Waals surface area contributed by atoms with Crippen LogP contribution >= 0.6 is 0 Å². The maximum atomic E-state index is 12.3. The summed E-state index contributed by atoms with van der Waals surface area (Å²) in [7, 11) is 0. The molecule has 16 nitrogen and oxygen atoms in total. The Morgan fingerprint density at radius 3 is 1.27 bits per heavy atom. The van der Waals surface area contributed by atoms with E-state index in [1.807, 2.05) is 206 Å². The van der Waals surface area contributed by atoms with Crippen LogP contribution in [0.2, 0.25) is 0 Å². The first-order valence-corrected chi connectivity index (χ1v) is 22.9. The van der Waals surface area contributed by atoms with Crippen LogP contribution in [0.1, 0.15) is 38.9 Å². The molecular weight excluding hydrogens is 893 g/mol. The standard InChI is InChI=1S/3C14H13N3O.C13H11N3O/c1-10-5-3-7-12(9-10)16-15-14-11(2)6-4-8-13(14)17(16)18;1-10-6-3-4-8-12(10)16-15-14-11(2)7-5-9-13(14)17(16)18;1-10-6-8-12(9-7-10)16-15-14-11(2)4-3-5-13(14)17(16)18;1-10-7-8-12-13(9-10)16(17)15(14-12)11-5-3-2-4-6-11/h3*3-9H,1-2H3;2-9H,1H3. The van der Waals surface area contributed by atoms with Crippen LogP contribution in [-0.2, 0) is 0 Å². The van der Waals surface area contributed by atoms with Gasteiger partial charge in [-0.2, -0.15) is 0 Å². The normalized spacial score (nSPS) is 11.0. The van der Waals surface area contributed by atoms with Crippen LogP contribution in [-0.4, -0.2) is 39.6 Å². The minimum absolute atomic E-state index is 0.592. The number of hydrogen-bond donors (Lipinski definition) is 0. The number of fused-ring (bicyclic) bond motifs is 4. The third-order valence-electron chi connectivity index (χ3n) is 11.9. The lowest BCUT2D eigenvalue weighted by atomic mass is 10.2. The molecule has 0 atom stereocenters. The molecular formula is C55H50N12O4. The summed E-state index contributed by atoms with van der Waals surface area (Å²) in [4.78, 5) is 8.87. The number of nitrogens with zero attached hydrogens (tertiary/aromatic N) is 12. The van der Waals surface area contributed by atoms with E-state index in [4.69, 9.17) is 0 Å². The van der Waals surface area contributed by atoms with Crippen molar-refractivity contribution in [1.29, 1.82) is 0 Å². The van der Waals surface area contributed by atoms with Crippen molar-refractivity contribution in [3.05, 3.63) is 236 Å². The monoisotopic (exact) mass is 942 g/mol. The molecule has 0 amide bonds. The maximum absolute atomic E-state index is 12.3. The largest absolute Gasteiger partial charge is 0.692 e. The molecule has 0 unspecified atom stereocenters. The van der Waals surface area contributed by atoms with Crippen molar-refractivity contribution >= 4 is 44.1 Å². The van der Waals surface area contributed by atoms with Crippen LogP contribution in [0.4, 0.5) is 0 Å². The topological polar surface area (TPSA) is 179 Å². The molecule has 12 rings (SSSR count). The molecule has 4 heterocycles. The predicted octanol–water partition coefficient (Wildman–Crippen LogP) is 8.79. The summed E-state index contributed by atoms with van der Waals surface area (Å²) in [6.45, 7) is 13.8. The van der Waals surface area contributed by atoms with E-state index < -0.39 is 0 Å². The highest BCUT2D eigenvalue weighted by atomic mass is 16.5. The van der Waals surface area contributed by atoms with E-state index in [-0.39, 0.29) is 0 Å². The summed E-state index contributed by atoms with van der Waals surface area (Å²) in [6, 6.07) is 55.0. The van der Waals surface area contributed by atoms with Gasteiger partial charge in [-0.15, -0.1) is 19.4 Å². The second-order valence-corrected chi connectivity index (χ2v) is 17.3. The first-order valence-electron chi connectivity index (χ1n) is 22.9. The fourth-order valence-corrected chi connectivity index (χ4v) is 8.03. The zero-order chi connectivity index (χ0) is 49.9. The Labute approximate surface area is 408 Å². The van der Waals surface area contributed by atoms with Crippen molar-refractivity contribution in [2.75, 3.05) is 0 Å². The highest BCUT2D eigenvalue weighted by Gasteiger charge is 2.21. The van der Waals surface area contributed by atoms with Crippen molar-refractivity contribution in [3.63, 3.8) is 0 Å². The van der Waals surface area contributed by atoms with E-state index in [9.17, 15) is 20.8 Å². The van der Waals surface area contributed by atoms with Gasteiger partial charge in [-0.1, -0.05) is 109 Å². The molecule has 0 fully saturated rings. The summed E-state index contributed by atoms with van der Waals surface area (Å²) in [5.41, 5.74) is 15.8. The fraction of sp³-hybridized carbons (Fsp3) is 0.127. The second kappa shape index (κ2) is 19.7. The lowest BCUT2D eigenvalue weighted by molar-refractivity contribution is -0.664. The van der Waals surface area contributed by atoms with E-state index in [0.717, 1.165) is 97.6 Å². The van der Waals surface area contributed by atoms with Gasteiger partial charge < -0.3 is 20.8 Å². The molecule has 0 bridgehead atoms. The molecule has 0 aliphatic heterocycles. The van der Waals surface area contributed by atoms with Crippen LogP contribution in [0.3, 0.4) is 0 Å². The minimum atomic E-state index is 0.592. The van der Waals surface area contributed by atoms with Crippen molar-refractivity contribution in [2.24, 2.45) is 0 Å². The van der Waals surface area contributed by atoms with Crippen LogP contribution in [0.25, 0.3) is 66.9 Å². The number of benzene rings is 8. The first kappa shape index (κ1) is 46.7. The third kappa shape index (κ3) is 9.41. The Morgan fingerprint density at radius 2 is 0.718 bits per heavy atom. The Hall–Kier alpha value is -9.44. The first-order chi connectivity index (χ1) is 34.3. The van der Waals surface area contributed by atoms with Gasteiger partial charge >= 0.3 is 0 Å². The molecule has 0 N–H and O–H groups in total. The lowest BCUT2D eigenvalue weighted by Gasteiger charge is -2.05. The Balaban J connectivity index is 0.000000117. The SMILES string of the molecule is Cc1ccc(-n2nc3c(C)cccc3[n+]2[O-])cc1.Cc1ccc2nn(-c3ccccc3)[n+]([O-])c2c1.Cc1cccc(-n2nc3c(C)cccc3[n+]2[O-])c1.Cc1ccccc1-n1nc2c(C)cccc2[n+]1[O-]. The zero-order valence-corrected chi connectivity index (χ0v) is 40.2. The van der Waals surface area contributed by atoms with Gasteiger partial charge in [0.2, 0.25) is 27.6 Å². The minimum Gasteiger partial charge on any atom is -0.692 e. The van der Waals surface area contributed by atoms with Crippen LogP contribution in [0.5, 0.6) is 0 Å². The Kier molecular flexibility index (Phi) is 12.9. The second-order valence-electron chi connectivity index (χ2n) is 17.3. The van der Waals surface area contributed by atoms with Crippen molar-refractivity contribution in [2.45, 2.75) is 48.5 Å². The summed E-state index contributed by atoms with van der Waals surface area (Å²) < 4.78 is 0. The molecule has 0 spiro atoms. The number of para-hydroxylation sites is 2. The quantitative estimate of drug-likeness (QED) is 0.124. The Bertz CT molecular complexity index is 3860. The highest BCUT2D eigenvalue weighted by Crippen LogP contribution is 2.19. The summed E-state index contributed by atoms with van der Waals surface area (Å²) in [5, 5.41) is 66.2. The van der Waals surface area contributed by atoms with Gasteiger partial charge in [-0.3, -0.25) is 0 Å². The zero-order valence-electron chi connectivity index (χ0n) is 40.2. The molecule has 354 valence electrons. The van der Waals surface area contributed by atoms with Crippen LogP contribution in [0.15, 0.2) is 176 Å². The summed E-state index contributed by atoms with van der Waals surface area (Å²) in [6.07, 6.45) is 0.